The van der Waals surface area contributed by atoms with Crippen molar-refractivity contribution in [1.82, 2.24) is 4.90 Å². The first-order valence-corrected chi connectivity index (χ1v) is 9.12. The van der Waals surface area contributed by atoms with Crippen LogP contribution in [0.25, 0.3) is 0 Å². The van der Waals surface area contributed by atoms with Gasteiger partial charge in [0.05, 0.1) is 16.8 Å². The average molecular weight is 388 g/mol. The zero-order valence-corrected chi connectivity index (χ0v) is 15.3. The number of hydrogen-bond acceptors (Lipinski definition) is 3. The third kappa shape index (κ3) is 3.52. The SMILES string of the molecule is O=C(Nc1ccccc1F)[C@H](Cc1ccccc1)N1C(=O)c2ccccc2C1=O. The van der Waals surface area contributed by atoms with Crippen molar-refractivity contribution in [2.45, 2.75) is 12.5 Å². The van der Waals surface area contributed by atoms with E-state index in [4.69, 9.17) is 0 Å². The van der Waals surface area contributed by atoms with E-state index in [1.54, 1.807) is 30.3 Å². The van der Waals surface area contributed by atoms with Crippen LogP contribution in [0.2, 0.25) is 0 Å². The molecule has 0 unspecified atom stereocenters. The number of carbonyl (C=O) groups excluding carboxylic acids is 3. The van der Waals surface area contributed by atoms with Crippen molar-refractivity contribution >= 4 is 23.4 Å². The minimum absolute atomic E-state index is 0.00725. The summed E-state index contributed by atoms with van der Waals surface area (Å²) in [6, 6.07) is 20.1. The summed E-state index contributed by atoms with van der Waals surface area (Å²) in [4.78, 5) is 39.9. The minimum Gasteiger partial charge on any atom is -0.322 e. The van der Waals surface area contributed by atoms with Gasteiger partial charge in [0.2, 0.25) is 5.91 Å². The lowest BCUT2D eigenvalue weighted by Gasteiger charge is -2.25. The second kappa shape index (κ2) is 7.67. The molecule has 0 radical (unpaired) electrons. The van der Waals surface area contributed by atoms with Gasteiger partial charge in [-0.25, -0.2) is 4.39 Å². The molecule has 0 saturated heterocycles. The fraction of sp³-hybridized carbons (Fsp3) is 0.0870. The zero-order chi connectivity index (χ0) is 20.4. The van der Waals surface area contributed by atoms with Gasteiger partial charge in [-0.05, 0) is 29.8 Å². The maximum Gasteiger partial charge on any atom is 0.262 e. The van der Waals surface area contributed by atoms with Gasteiger partial charge in [0, 0.05) is 6.42 Å². The number of imide groups is 1. The van der Waals surface area contributed by atoms with Crippen molar-refractivity contribution in [2.75, 3.05) is 5.32 Å². The topological polar surface area (TPSA) is 66.5 Å². The van der Waals surface area contributed by atoms with Gasteiger partial charge in [0.15, 0.2) is 0 Å². The van der Waals surface area contributed by atoms with E-state index in [2.05, 4.69) is 5.32 Å². The van der Waals surface area contributed by atoms with Crippen molar-refractivity contribution in [3.05, 3.63) is 101 Å². The number of para-hydroxylation sites is 1. The van der Waals surface area contributed by atoms with Crippen LogP contribution in [0.1, 0.15) is 26.3 Å². The van der Waals surface area contributed by atoms with Gasteiger partial charge in [0.1, 0.15) is 11.9 Å². The molecule has 144 valence electrons. The van der Waals surface area contributed by atoms with E-state index in [0.29, 0.717) is 0 Å². The average Bonchev–Trinajstić information content (AvgIpc) is 2.99. The van der Waals surface area contributed by atoms with E-state index < -0.39 is 29.6 Å². The third-order valence-electron chi connectivity index (χ3n) is 4.84. The van der Waals surface area contributed by atoms with Gasteiger partial charge in [-0.3, -0.25) is 19.3 Å². The Balaban J connectivity index is 1.69. The standard InChI is InChI=1S/C23H17FN2O3/c24-18-12-6-7-13-19(18)25-21(27)20(14-15-8-2-1-3-9-15)26-22(28)16-10-4-5-11-17(16)23(26)29/h1-13,20H,14H2,(H,25,27)/t20-/m0/s1. The molecule has 0 bridgehead atoms. The molecule has 4 rings (SSSR count). The quantitative estimate of drug-likeness (QED) is 0.678. The van der Waals surface area contributed by atoms with Crippen molar-refractivity contribution in [1.29, 1.82) is 0 Å². The fourth-order valence-electron chi connectivity index (χ4n) is 3.41. The number of benzene rings is 3. The van der Waals surface area contributed by atoms with Crippen molar-refractivity contribution in [3.63, 3.8) is 0 Å². The Kier molecular flexibility index (Phi) is 4.91. The molecule has 0 aliphatic carbocycles. The second-order valence-corrected chi connectivity index (χ2v) is 6.70. The van der Waals surface area contributed by atoms with Crippen LogP contribution in [-0.2, 0) is 11.2 Å². The first-order chi connectivity index (χ1) is 14.1. The predicted octanol–water partition coefficient (Wildman–Crippen LogP) is 3.67. The lowest BCUT2D eigenvalue weighted by atomic mass is 10.0. The number of amides is 3. The number of carbonyl (C=O) groups is 3. The largest absolute Gasteiger partial charge is 0.322 e. The van der Waals surface area contributed by atoms with Gasteiger partial charge in [-0.1, -0.05) is 54.6 Å². The van der Waals surface area contributed by atoms with Crippen LogP contribution in [0, 0.1) is 5.82 Å². The molecule has 3 amide bonds. The van der Waals surface area contributed by atoms with Crippen LogP contribution < -0.4 is 5.32 Å². The summed E-state index contributed by atoms with van der Waals surface area (Å²) in [6.07, 6.45) is 0.118. The van der Waals surface area contributed by atoms with Crippen LogP contribution >= 0.6 is 0 Å². The summed E-state index contributed by atoms with van der Waals surface area (Å²) in [5.41, 5.74) is 1.29. The van der Waals surface area contributed by atoms with Crippen LogP contribution in [0.5, 0.6) is 0 Å². The second-order valence-electron chi connectivity index (χ2n) is 6.70. The van der Waals surface area contributed by atoms with Crippen LogP contribution in [-0.4, -0.2) is 28.7 Å². The normalized spacial score (nSPS) is 13.9. The molecule has 0 fully saturated rings. The van der Waals surface area contributed by atoms with Gasteiger partial charge in [-0.2, -0.15) is 0 Å². The van der Waals surface area contributed by atoms with Gasteiger partial charge < -0.3 is 5.32 Å². The highest BCUT2D eigenvalue weighted by Crippen LogP contribution is 2.27. The molecule has 1 aliphatic rings. The van der Waals surface area contributed by atoms with Crippen molar-refractivity contribution in [3.8, 4) is 0 Å². The fourth-order valence-corrected chi connectivity index (χ4v) is 3.41. The van der Waals surface area contributed by atoms with E-state index in [0.717, 1.165) is 10.5 Å². The predicted molar refractivity (Wildman–Crippen MR) is 106 cm³/mol. The van der Waals surface area contributed by atoms with Gasteiger partial charge in [-0.15, -0.1) is 0 Å². The summed E-state index contributed by atoms with van der Waals surface area (Å²) in [7, 11) is 0. The van der Waals surface area contributed by atoms with E-state index >= 15 is 0 Å². The summed E-state index contributed by atoms with van der Waals surface area (Å²) in [6.45, 7) is 0. The monoisotopic (exact) mass is 388 g/mol. The number of fused-ring (bicyclic) bond motifs is 1. The van der Waals surface area contributed by atoms with Crippen molar-refractivity contribution < 1.29 is 18.8 Å². The Labute approximate surface area is 166 Å². The van der Waals surface area contributed by atoms with Gasteiger partial charge >= 0.3 is 0 Å². The van der Waals surface area contributed by atoms with E-state index in [-0.39, 0.29) is 23.2 Å². The molecule has 1 heterocycles. The molecular formula is C23H17FN2O3. The first-order valence-electron chi connectivity index (χ1n) is 9.12. The highest BCUT2D eigenvalue weighted by atomic mass is 19.1. The molecule has 0 aromatic heterocycles. The molecule has 5 nitrogen and oxygen atoms in total. The molecular weight excluding hydrogens is 371 g/mol. The first kappa shape index (κ1) is 18.6. The molecule has 0 spiro atoms. The van der Waals surface area contributed by atoms with E-state index in [9.17, 15) is 18.8 Å². The number of anilines is 1. The number of nitrogens with one attached hydrogen (secondary N) is 1. The molecule has 0 saturated carbocycles. The lowest BCUT2D eigenvalue weighted by Crippen LogP contribution is -2.48. The third-order valence-corrected chi connectivity index (χ3v) is 4.84. The molecule has 6 heteroatoms. The maximum absolute atomic E-state index is 14.0. The Bertz CT molecular complexity index is 1060. The number of rotatable bonds is 5. The van der Waals surface area contributed by atoms with Crippen LogP contribution in [0.3, 0.4) is 0 Å². The molecule has 29 heavy (non-hydrogen) atoms. The minimum atomic E-state index is -1.12. The molecule has 1 N–H and O–H groups in total. The Morgan fingerprint density at radius 3 is 2.00 bits per heavy atom. The highest BCUT2D eigenvalue weighted by molar-refractivity contribution is 6.23. The summed E-state index contributed by atoms with van der Waals surface area (Å²) < 4.78 is 14.0. The molecule has 3 aromatic carbocycles. The van der Waals surface area contributed by atoms with Crippen LogP contribution in [0.15, 0.2) is 78.9 Å². The smallest absolute Gasteiger partial charge is 0.262 e. The summed E-state index contributed by atoms with van der Waals surface area (Å²) in [5, 5.41) is 2.52. The maximum atomic E-state index is 14.0. The number of nitrogens with zero attached hydrogens (tertiary/aromatic N) is 1. The van der Waals surface area contributed by atoms with E-state index in [1.807, 2.05) is 30.3 Å². The lowest BCUT2D eigenvalue weighted by molar-refractivity contribution is -0.120. The zero-order valence-electron chi connectivity index (χ0n) is 15.3. The van der Waals surface area contributed by atoms with E-state index in [1.165, 1.54) is 18.2 Å². The molecule has 3 aromatic rings. The Morgan fingerprint density at radius 2 is 1.38 bits per heavy atom. The number of hydrogen-bond donors (Lipinski definition) is 1. The summed E-state index contributed by atoms with van der Waals surface area (Å²) >= 11 is 0. The highest BCUT2D eigenvalue weighted by Gasteiger charge is 2.42. The van der Waals surface area contributed by atoms with Gasteiger partial charge in [0.25, 0.3) is 11.8 Å². The molecule has 1 aliphatic heterocycles. The van der Waals surface area contributed by atoms with Crippen molar-refractivity contribution in [2.24, 2.45) is 0 Å². The number of halogens is 1. The molecule has 1 atom stereocenters. The summed E-state index contributed by atoms with van der Waals surface area (Å²) in [5.74, 6) is -2.29. The Hall–Kier alpha value is -3.80. The Morgan fingerprint density at radius 1 is 0.828 bits per heavy atom. The van der Waals surface area contributed by atoms with Crippen LogP contribution in [0.4, 0.5) is 10.1 Å².